The molecule has 2 heterocycles. The number of hydrogen-bond donors (Lipinski definition) is 1. The third kappa shape index (κ3) is 2.54. The number of piperidine rings is 1. The van der Waals surface area contributed by atoms with Gasteiger partial charge in [0.05, 0.1) is 11.6 Å². The summed E-state index contributed by atoms with van der Waals surface area (Å²) in [7, 11) is 0. The molecule has 0 spiro atoms. The first-order chi connectivity index (χ1) is 11.0. The predicted octanol–water partition coefficient (Wildman–Crippen LogP) is 1.97. The van der Waals surface area contributed by atoms with Crippen LogP contribution in [0.2, 0.25) is 0 Å². The molecular formula is C17H22N2O4. The Hall–Kier alpha value is -1.85. The van der Waals surface area contributed by atoms with Gasteiger partial charge in [0.15, 0.2) is 5.89 Å². The van der Waals surface area contributed by atoms with Gasteiger partial charge in [0.1, 0.15) is 5.76 Å². The van der Waals surface area contributed by atoms with E-state index in [1.807, 2.05) is 11.8 Å². The maximum Gasteiger partial charge on any atom is 0.307 e. The Morgan fingerprint density at radius 3 is 2.96 bits per heavy atom. The van der Waals surface area contributed by atoms with Crippen molar-refractivity contribution in [3.8, 4) is 0 Å². The monoisotopic (exact) mass is 318 g/mol. The van der Waals surface area contributed by atoms with E-state index in [-0.39, 0.29) is 29.6 Å². The lowest BCUT2D eigenvalue weighted by Gasteiger charge is -2.28. The van der Waals surface area contributed by atoms with E-state index in [0.717, 1.165) is 37.1 Å². The van der Waals surface area contributed by atoms with Crippen LogP contribution in [0.5, 0.6) is 0 Å². The number of rotatable bonds is 3. The Kier molecular flexibility index (Phi) is 3.43. The van der Waals surface area contributed by atoms with Gasteiger partial charge in [-0.25, -0.2) is 4.98 Å². The summed E-state index contributed by atoms with van der Waals surface area (Å²) in [5, 5.41) is 9.16. The molecule has 1 N–H and O–H groups in total. The van der Waals surface area contributed by atoms with E-state index in [9.17, 15) is 9.59 Å². The molecule has 0 bridgehead atoms. The molecule has 1 aromatic rings. The van der Waals surface area contributed by atoms with Crippen LogP contribution >= 0.6 is 0 Å². The second kappa shape index (κ2) is 5.35. The summed E-state index contributed by atoms with van der Waals surface area (Å²) in [6.07, 6.45) is 4.21. The van der Waals surface area contributed by atoms with E-state index in [0.29, 0.717) is 25.4 Å². The predicted molar refractivity (Wildman–Crippen MR) is 80.8 cm³/mol. The highest BCUT2D eigenvalue weighted by Gasteiger charge is 2.57. The first kappa shape index (κ1) is 14.7. The van der Waals surface area contributed by atoms with E-state index < -0.39 is 5.97 Å². The van der Waals surface area contributed by atoms with Crippen molar-refractivity contribution < 1.29 is 19.1 Å². The first-order valence-corrected chi connectivity index (χ1v) is 8.51. The SMILES string of the molecule is Cc1nc2c(o1)CCCC2CC(=O)N1CC[C@H]2[C@@H](C1)[C@H]2C(=O)O. The molecular weight excluding hydrogens is 296 g/mol. The van der Waals surface area contributed by atoms with Crippen LogP contribution in [0.3, 0.4) is 0 Å². The minimum atomic E-state index is -0.704. The number of carboxylic acid groups (broad SMARTS) is 1. The van der Waals surface area contributed by atoms with Gasteiger partial charge in [-0.3, -0.25) is 9.59 Å². The van der Waals surface area contributed by atoms with Gasteiger partial charge in [0.2, 0.25) is 5.91 Å². The molecule has 1 saturated heterocycles. The molecule has 0 aromatic carbocycles. The summed E-state index contributed by atoms with van der Waals surface area (Å²) >= 11 is 0. The van der Waals surface area contributed by atoms with Gasteiger partial charge in [0, 0.05) is 38.8 Å². The molecule has 23 heavy (non-hydrogen) atoms. The Morgan fingerprint density at radius 2 is 2.17 bits per heavy atom. The number of carbonyl (C=O) groups is 2. The van der Waals surface area contributed by atoms with Crippen molar-refractivity contribution >= 4 is 11.9 Å². The summed E-state index contributed by atoms with van der Waals surface area (Å²) in [6, 6.07) is 0. The van der Waals surface area contributed by atoms with Crippen molar-refractivity contribution in [3.63, 3.8) is 0 Å². The molecule has 0 radical (unpaired) electrons. The van der Waals surface area contributed by atoms with Crippen molar-refractivity contribution in [2.45, 2.75) is 44.9 Å². The van der Waals surface area contributed by atoms with Crippen molar-refractivity contribution in [2.24, 2.45) is 17.8 Å². The van der Waals surface area contributed by atoms with Crippen LogP contribution in [0.15, 0.2) is 4.42 Å². The highest BCUT2D eigenvalue weighted by Crippen LogP contribution is 2.51. The fraction of sp³-hybridized carbons (Fsp3) is 0.706. The average Bonchev–Trinajstić information content (AvgIpc) is 3.11. The van der Waals surface area contributed by atoms with Crippen molar-refractivity contribution in [1.29, 1.82) is 0 Å². The zero-order chi connectivity index (χ0) is 16.1. The van der Waals surface area contributed by atoms with E-state index in [2.05, 4.69) is 4.98 Å². The highest BCUT2D eigenvalue weighted by atomic mass is 16.4. The van der Waals surface area contributed by atoms with E-state index in [1.54, 1.807) is 0 Å². The summed E-state index contributed by atoms with van der Waals surface area (Å²) in [6.45, 7) is 3.15. The number of aryl methyl sites for hydroxylation is 2. The molecule has 1 saturated carbocycles. The standard InChI is InChI=1S/C17H22N2O4/c1-9-18-16-10(3-2-4-13(16)23-9)7-14(20)19-6-5-11-12(8-19)15(11)17(21)22/h10-12,15H,2-8H2,1H3,(H,21,22)/t10?,11-,12+,15-/m0/s1. The first-order valence-electron chi connectivity index (χ1n) is 8.51. The molecule has 124 valence electrons. The van der Waals surface area contributed by atoms with Crippen molar-refractivity contribution in [3.05, 3.63) is 17.3 Å². The van der Waals surface area contributed by atoms with Gasteiger partial charge in [-0.15, -0.1) is 0 Å². The number of nitrogens with zero attached hydrogens (tertiary/aromatic N) is 2. The van der Waals surface area contributed by atoms with E-state index >= 15 is 0 Å². The minimum absolute atomic E-state index is 0.137. The van der Waals surface area contributed by atoms with Gasteiger partial charge >= 0.3 is 5.97 Å². The molecule has 2 aliphatic carbocycles. The molecule has 2 fully saturated rings. The van der Waals surface area contributed by atoms with E-state index in [1.165, 1.54) is 0 Å². The molecule has 1 aromatic heterocycles. The molecule has 4 atom stereocenters. The lowest BCUT2D eigenvalue weighted by atomic mass is 9.87. The van der Waals surface area contributed by atoms with Crippen LogP contribution in [-0.2, 0) is 16.0 Å². The number of amides is 1. The summed E-state index contributed by atoms with van der Waals surface area (Å²) < 4.78 is 5.63. The van der Waals surface area contributed by atoms with Gasteiger partial charge in [-0.1, -0.05) is 0 Å². The number of aliphatic carboxylic acids is 1. The lowest BCUT2D eigenvalue weighted by Crippen LogP contribution is -2.37. The number of fused-ring (bicyclic) bond motifs is 2. The van der Waals surface area contributed by atoms with Crippen LogP contribution in [0.25, 0.3) is 0 Å². The molecule has 6 heteroatoms. The summed E-state index contributed by atoms with van der Waals surface area (Å²) in [5.41, 5.74) is 0.965. The number of carbonyl (C=O) groups excluding carboxylic acids is 1. The Balaban J connectivity index is 1.40. The number of hydrogen-bond acceptors (Lipinski definition) is 4. The van der Waals surface area contributed by atoms with Crippen LogP contribution < -0.4 is 0 Å². The van der Waals surface area contributed by atoms with Gasteiger partial charge in [-0.05, 0) is 31.1 Å². The Morgan fingerprint density at radius 1 is 1.35 bits per heavy atom. The Bertz CT molecular complexity index is 653. The average molecular weight is 318 g/mol. The van der Waals surface area contributed by atoms with Crippen LogP contribution in [0, 0.1) is 24.7 Å². The number of oxazole rings is 1. The van der Waals surface area contributed by atoms with Crippen molar-refractivity contribution in [1.82, 2.24) is 9.88 Å². The third-order valence-corrected chi connectivity index (χ3v) is 5.73. The molecule has 1 unspecified atom stereocenters. The van der Waals surface area contributed by atoms with Gasteiger partial charge in [0.25, 0.3) is 0 Å². The Labute approximate surface area is 134 Å². The third-order valence-electron chi connectivity index (χ3n) is 5.73. The maximum absolute atomic E-state index is 12.6. The van der Waals surface area contributed by atoms with Gasteiger partial charge in [-0.2, -0.15) is 0 Å². The van der Waals surface area contributed by atoms with Crippen LogP contribution in [0.4, 0.5) is 0 Å². The second-order valence-corrected chi connectivity index (χ2v) is 7.15. The molecule has 1 amide bonds. The van der Waals surface area contributed by atoms with Crippen molar-refractivity contribution in [2.75, 3.05) is 13.1 Å². The summed E-state index contributed by atoms with van der Waals surface area (Å²) in [5.74, 6) is 1.43. The largest absolute Gasteiger partial charge is 0.481 e. The molecule has 6 nitrogen and oxygen atoms in total. The number of likely N-dealkylation sites (tertiary alicyclic amines) is 1. The smallest absolute Gasteiger partial charge is 0.307 e. The highest BCUT2D eigenvalue weighted by molar-refractivity contribution is 5.79. The summed E-state index contributed by atoms with van der Waals surface area (Å²) in [4.78, 5) is 30.1. The number of carboxylic acids is 1. The normalized spacial score (nSPS) is 32.1. The molecule has 4 rings (SSSR count). The minimum Gasteiger partial charge on any atom is -0.481 e. The van der Waals surface area contributed by atoms with Crippen LogP contribution in [-0.4, -0.2) is 40.0 Å². The van der Waals surface area contributed by atoms with Gasteiger partial charge < -0.3 is 14.4 Å². The quantitative estimate of drug-likeness (QED) is 0.921. The van der Waals surface area contributed by atoms with E-state index in [4.69, 9.17) is 9.52 Å². The fourth-order valence-corrected chi connectivity index (χ4v) is 4.50. The fourth-order valence-electron chi connectivity index (χ4n) is 4.50. The topological polar surface area (TPSA) is 83.6 Å². The lowest BCUT2D eigenvalue weighted by molar-refractivity contribution is -0.139. The molecule has 1 aliphatic heterocycles. The zero-order valence-electron chi connectivity index (χ0n) is 13.3. The maximum atomic E-state index is 12.6. The number of aromatic nitrogens is 1. The zero-order valence-corrected chi connectivity index (χ0v) is 13.3. The molecule has 3 aliphatic rings. The second-order valence-electron chi connectivity index (χ2n) is 7.15. The van der Waals surface area contributed by atoms with Crippen LogP contribution in [0.1, 0.15) is 48.9 Å².